The minimum absolute atomic E-state index is 0.00313. The highest BCUT2D eigenvalue weighted by Crippen LogP contribution is 2.42. The van der Waals surface area contributed by atoms with Crippen molar-refractivity contribution in [3.8, 4) is 17.2 Å². The number of hydrogen-bond donors (Lipinski definition) is 2. The normalized spacial score (nSPS) is 20.1. The molecule has 0 unspecified atom stereocenters. The Hall–Kier alpha value is -3.56. The first-order valence-electron chi connectivity index (χ1n) is 12.0. The van der Waals surface area contributed by atoms with E-state index < -0.39 is 17.7 Å². The number of carbonyl (C=O) groups is 2. The molecule has 0 radical (unpaired) electrons. The quantitative estimate of drug-likeness (QED) is 0.326. The van der Waals surface area contributed by atoms with Crippen LogP contribution in [-0.2, 0) is 14.3 Å². The van der Waals surface area contributed by atoms with Gasteiger partial charge < -0.3 is 29.3 Å². The lowest BCUT2D eigenvalue weighted by Crippen LogP contribution is -2.42. The molecule has 2 saturated heterocycles. The molecular weight excluding hydrogens is 464 g/mol. The first kappa shape index (κ1) is 25.5. The van der Waals surface area contributed by atoms with Crippen LogP contribution in [0.2, 0.25) is 0 Å². The van der Waals surface area contributed by atoms with E-state index >= 15 is 0 Å². The number of aliphatic hydroxyl groups excluding tert-OH is 1. The van der Waals surface area contributed by atoms with E-state index in [2.05, 4.69) is 4.90 Å². The largest absolute Gasteiger partial charge is 0.507 e. The summed E-state index contributed by atoms with van der Waals surface area (Å²) >= 11 is 0. The number of aryl methyl sites for hydroxylation is 1. The maximum atomic E-state index is 13.3. The van der Waals surface area contributed by atoms with Gasteiger partial charge in [-0.05, 0) is 55.3 Å². The average Bonchev–Trinajstić information content (AvgIpc) is 3.14. The van der Waals surface area contributed by atoms with Crippen LogP contribution in [0.4, 0.5) is 0 Å². The second kappa shape index (κ2) is 11.0. The van der Waals surface area contributed by atoms with E-state index in [1.165, 1.54) is 11.0 Å². The molecule has 2 aliphatic heterocycles. The molecule has 2 fully saturated rings. The second-order valence-corrected chi connectivity index (χ2v) is 8.79. The fourth-order valence-electron chi connectivity index (χ4n) is 4.68. The van der Waals surface area contributed by atoms with Gasteiger partial charge in [0.25, 0.3) is 11.7 Å². The van der Waals surface area contributed by atoms with Crippen LogP contribution in [0, 0.1) is 6.92 Å². The van der Waals surface area contributed by atoms with Crippen LogP contribution in [0.1, 0.15) is 29.7 Å². The van der Waals surface area contributed by atoms with Crippen LogP contribution in [0.3, 0.4) is 0 Å². The summed E-state index contributed by atoms with van der Waals surface area (Å²) in [7, 11) is 1.55. The Morgan fingerprint density at radius 1 is 1.11 bits per heavy atom. The first-order valence-corrected chi connectivity index (χ1v) is 12.0. The van der Waals surface area contributed by atoms with E-state index in [1.54, 1.807) is 51.3 Å². The number of Topliss-reactive ketones (excluding diaryl/α,β-unsaturated/α-hetero) is 1. The van der Waals surface area contributed by atoms with Gasteiger partial charge in [-0.2, -0.15) is 0 Å². The van der Waals surface area contributed by atoms with E-state index in [1.807, 2.05) is 0 Å². The molecule has 2 heterocycles. The number of phenols is 1. The van der Waals surface area contributed by atoms with Gasteiger partial charge in [0.15, 0.2) is 11.5 Å². The lowest BCUT2D eigenvalue weighted by Gasteiger charge is -2.31. The van der Waals surface area contributed by atoms with Crippen molar-refractivity contribution in [2.45, 2.75) is 19.9 Å². The Labute approximate surface area is 210 Å². The van der Waals surface area contributed by atoms with Gasteiger partial charge in [-0.3, -0.25) is 14.5 Å². The van der Waals surface area contributed by atoms with Crippen molar-refractivity contribution in [2.75, 3.05) is 53.1 Å². The minimum Gasteiger partial charge on any atom is -0.507 e. The van der Waals surface area contributed by atoms with Gasteiger partial charge in [0.05, 0.1) is 38.5 Å². The number of morpholine rings is 1. The molecule has 9 nitrogen and oxygen atoms in total. The number of rotatable bonds is 8. The number of hydrogen-bond acceptors (Lipinski definition) is 8. The molecule has 0 saturated carbocycles. The van der Waals surface area contributed by atoms with E-state index in [0.717, 1.165) is 13.1 Å². The maximum Gasteiger partial charge on any atom is 0.295 e. The summed E-state index contributed by atoms with van der Waals surface area (Å²) in [6.45, 7) is 7.51. The van der Waals surface area contributed by atoms with Gasteiger partial charge in [0.1, 0.15) is 11.5 Å². The summed E-state index contributed by atoms with van der Waals surface area (Å²) in [6.07, 6.45) is 0. The number of aromatic hydroxyl groups is 1. The number of carbonyl (C=O) groups excluding carboxylic acids is 2. The zero-order valence-corrected chi connectivity index (χ0v) is 20.8. The molecule has 4 rings (SSSR count). The Morgan fingerprint density at radius 2 is 1.86 bits per heavy atom. The van der Waals surface area contributed by atoms with Crippen molar-refractivity contribution in [1.29, 1.82) is 0 Å². The summed E-state index contributed by atoms with van der Waals surface area (Å²) in [5, 5.41) is 21.6. The highest BCUT2D eigenvalue weighted by atomic mass is 16.5. The minimum atomic E-state index is -0.840. The van der Waals surface area contributed by atoms with E-state index in [9.17, 15) is 19.8 Å². The molecule has 2 aromatic rings. The number of nitrogens with zero attached hydrogens (tertiary/aromatic N) is 2. The summed E-state index contributed by atoms with van der Waals surface area (Å²) in [5.74, 6) is -0.858. The van der Waals surface area contributed by atoms with Crippen LogP contribution in [0.5, 0.6) is 17.2 Å². The highest BCUT2D eigenvalue weighted by Gasteiger charge is 2.46. The number of amides is 1. The fraction of sp³-hybridized carbons (Fsp3) is 0.407. The van der Waals surface area contributed by atoms with Gasteiger partial charge >= 0.3 is 0 Å². The molecule has 2 N–H and O–H groups in total. The van der Waals surface area contributed by atoms with Gasteiger partial charge in [0.2, 0.25) is 0 Å². The predicted octanol–water partition coefficient (Wildman–Crippen LogP) is 2.86. The number of ketones is 1. The molecule has 0 bridgehead atoms. The van der Waals surface area contributed by atoms with Crippen molar-refractivity contribution in [3.63, 3.8) is 0 Å². The van der Waals surface area contributed by atoms with Crippen molar-refractivity contribution in [3.05, 3.63) is 58.7 Å². The van der Waals surface area contributed by atoms with Crippen LogP contribution < -0.4 is 9.47 Å². The molecule has 9 heteroatoms. The summed E-state index contributed by atoms with van der Waals surface area (Å²) in [4.78, 5) is 30.3. The molecule has 1 atom stereocenters. The van der Waals surface area contributed by atoms with E-state index in [4.69, 9.17) is 14.2 Å². The third kappa shape index (κ3) is 5.03. The standard InChI is InChI=1S/C27H32N2O7/c1-4-36-22-16-18(5-8-21(22)30)24-23(25(31)20-7-6-19(34-3)15-17(20)2)26(32)27(33)29(24)10-9-28-11-13-35-14-12-28/h5-8,15-16,24,30-31H,4,9-14H2,1-3H3/t24-/m1/s1. The summed E-state index contributed by atoms with van der Waals surface area (Å²) in [5.41, 5.74) is 1.70. The van der Waals surface area contributed by atoms with E-state index in [-0.39, 0.29) is 22.8 Å². The van der Waals surface area contributed by atoms with Crippen LogP contribution in [0.15, 0.2) is 42.0 Å². The second-order valence-electron chi connectivity index (χ2n) is 8.79. The van der Waals surface area contributed by atoms with Gasteiger partial charge in [-0.15, -0.1) is 0 Å². The first-order chi connectivity index (χ1) is 17.3. The van der Waals surface area contributed by atoms with Crippen molar-refractivity contribution in [1.82, 2.24) is 9.80 Å². The molecule has 1 amide bonds. The number of phenolic OH excluding ortho intramolecular Hbond substituents is 1. The number of ether oxygens (including phenoxy) is 3. The lowest BCUT2D eigenvalue weighted by atomic mass is 9.93. The predicted molar refractivity (Wildman–Crippen MR) is 133 cm³/mol. The number of aliphatic hydroxyl groups is 1. The van der Waals surface area contributed by atoms with Crippen LogP contribution in [-0.4, -0.2) is 84.8 Å². The van der Waals surface area contributed by atoms with Crippen LogP contribution in [0.25, 0.3) is 5.76 Å². The Morgan fingerprint density at radius 3 is 2.53 bits per heavy atom. The molecular formula is C27H32N2O7. The number of benzene rings is 2. The van der Waals surface area contributed by atoms with Gasteiger partial charge in [-0.25, -0.2) is 0 Å². The SMILES string of the molecule is CCOc1cc([C@@H]2C(=C(O)c3ccc(OC)cc3C)C(=O)C(=O)N2CCN2CCOCC2)ccc1O. The fourth-order valence-corrected chi connectivity index (χ4v) is 4.68. The Kier molecular flexibility index (Phi) is 7.81. The maximum absolute atomic E-state index is 13.3. The molecule has 2 aromatic carbocycles. The van der Waals surface area contributed by atoms with Crippen molar-refractivity contribution < 1.29 is 34.0 Å². The number of likely N-dealkylation sites (tertiary alicyclic amines) is 1. The topological polar surface area (TPSA) is 109 Å². The third-order valence-electron chi connectivity index (χ3n) is 6.59. The Balaban J connectivity index is 1.79. The van der Waals surface area contributed by atoms with Gasteiger partial charge in [-0.1, -0.05) is 6.07 Å². The summed E-state index contributed by atoms with van der Waals surface area (Å²) in [6, 6.07) is 9.01. The van der Waals surface area contributed by atoms with Crippen molar-refractivity contribution in [2.24, 2.45) is 0 Å². The molecule has 36 heavy (non-hydrogen) atoms. The molecule has 0 aliphatic carbocycles. The lowest BCUT2D eigenvalue weighted by molar-refractivity contribution is -0.140. The van der Waals surface area contributed by atoms with E-state index in [0.29, 0.717) is 55.4 Å². The molecule has 2 aliphatic rings. The average molecular weight is 497 g/mol. The van der Waals surface area contributed by atoms with Crippen molar-refractivity contribution >= 4 is 17.4 Å². The molecule has 0 aromatic heterocycles. The third-order valence-corrected chi connectivity index (χ3v) is 6.59. The monoisotopic (exact) mass is 496 g/mol. The smallest absolute Gasteiger partial charge is 0.295 e. The Bertz CT molecular complexity index is 1170. The molecule has 192 valence electrons. The summed E-state index contributed by atoms with van der Waals surface area (Å²) < 4.78 is 16.2. The highest BCUT2D eigenvalue weighted by molar-refractivity contribution is 6.46. The van der Waals surface area contributed by atoms with Gasteiger partial charge in [0, 0.05) is 31.7 Å². The number of methoxy groups -OCH3 is 1. The molecule has 0 spiro atoms. The zero-order valence-electron chi connectivity index (χ0n) is 20.8. The zero-order chi connectivity index (χ0) is 25.8. The van der Waals surface area contributed by atoms with Crippen LogP contribution >= 0.6 is 0 Å².